The minimum absolute atomic E-state index is 0.130. The molecular formula is C18H20O3. The molecule has 21 heavy (non-hydrogen) atoms. The molecule has 2 aromatic rings. The minimum Gasteiger partial charge on any atom is -0.465 e. The highest BCUT2D eigenvalue weighted by Gasteiger charge is 2.24. The first-order chi connectivity index (χ1) is 10.1. The Morgan fingerprint density at radius 1 is 1.10 bits per heavy atom. The second-order valence-corrected chi connectivity index (χ2v) is 5.14. The molecule has 0 fully saturated rings. The molecule has 0 N–H and O–H groups in total. The summed E-state index contributed by atoms with van der Waals surface area (Å²) in [5.41, 5.74) is 1.13. The Morgan fingerprint density at radius 2 is 1.81 bits per heavy atom. The fraction of sp³-hybridized carbons (Fsp3) is 0.333. The van der Waals surface area contributed by atoms with E-state index in [0.29, 0.717) is 19.4 Å². The smallest absolute Gasteiger partial charge is 0.316 e. The van der Waals surface area contributed by atoms with Crippen molar-refractivity contribution in [2.45, 2.75) is 26.7 Å². The summed E-state index contributed by atoms with van der Waals surface area (Å²) in [5, 5.41) is 2.36. The lowest BCUT2D eigenvalue weighted by Crippen LogP contribution is -2.24. The van der Waals surface area contributed by atoms with Gasteiger partial charge in [-0.05, 0) is 43.0 Å². The van der Waals surface area contributed by atoms with Gasteiger partial charge in [0.1, 0.15) is 11.7 Å². The quantitative estimate of drug-likeness (QED) is 0.602. The number of hydrogen-bond acceptors (Lipinski definition) is 3. The number of ether oxygens (including phenoxy) is 1. The maximum absolute atomic E-state index is 11.8. The monoisotopic (exact) mass is 284 g/mol. The van der Waals surface area contributed by atoms with Crippen LogP contribution in [0.2, 0.25) is 0 Å². The van der Waals surface area contributed by atoms with E-state index in [2.05, 4.69) is 24.3 Å². The molecule has 1 atom stereocenters. The van der Waals surface area contributed by atoms with Crippen molar-refractivity contribution in [3.63, 3.8) is 0 Å². The molecule has 3 heteroatoms. The van der Waals surface area contributed by atoms with E-state index in [0.717, 1.165) is 5.56 Å². The highest BCUT2D eigenvalue weighted by Crippen LogP contribution is 2.19. The number of fused-ring (bicyclic) bond motifs is 1. The number of esters is 1. The summed E-state index contributed by atoms with van der Waals surface area (Å²) in [4.78, 5) is 23.4. The van der Waals surface area contributed by atoms with Crippen LogP contribution in [0.5, 0.6) is 0 Å². The fourth-order valence-corrected chi connectivity index (χ4v) is 2.44. The van der Waals surface area contributed by atoms with Gasteiger partial charge in [-0.15, -0.1) is 0 Å². The second kappa shape index (κ2) is 7.02. The van der Waals surface area contributed by atoms with Crippen LogP contribution >= 0.6 is 0 Å². The number of ketones is 1. The van der Waals surface area contributed by atoms with Crippen LogP contribution in [0.3, 0.4) is 0 Å². The number of carbonyl (C=O) groups is 2. The summed E-state index contributed by atoms with van der Waals surface area (Å²) < 4.78 is 4.96. The van der Waals surface area contributed by atoms with Crippen molar-refractivity contribution >= 4 is 22.5 Å². The van der Waals surface area contributed by atoms with Crippen LogP contribution in [0.15, 0.2) is 42.5 Å². The third-order valence-electron chi connectivity index (χ3n) is 3.60. The highest BCUT2D eigenvalue weighted by atomic mass is 16.5. The number of Topliss-reactive ketones (excluding diaryl/α,β-unsaturated/α-hetero) is 1. The fourth-order valence-electron chi connectivity index (χ4n) is 2.44. The van der Waals surface area contributed by atoms with E-state index in [1.54, 1.807) is 6.92 Å². The van der Waals surface area contributed by atoms with Gasteiger partial charge >= 0.3 is 5.97 Å². The first kappa shape index (κ1) is 15.2. The van der Waals surface area contributed by atoms with E-state index in [4.69, 9.17) is 4.74 Å². The largest absolute Gasteiger partial charge is 0.465 e. The summed E-state index contributed by atoms with van der Waals surface area (Å²) in [5.74, 6) is -1.20. The van der Waals surface area contributed by atoms with Crippen LogP contribution in [0.4, 0.5) is 0 Å². The Labute approximate surface area is 124 Å². The first-order valence-electron chi connectivity index (χ1n) is 7.26. The molecule has 2 aromatic carbocycles. The normalized spacial score (nSPS) is 12.1. The minimum atomic E-state index is -0.656. The van der Waals surface area contributed by atoms with E-state index >= 15 is 0 Å². The van der Waals surface area contributed by atoms with Gasteiger partial charge in [0.15, 0.2) is 0 Å². The van der Waals surface area contributed by atoms with Crippen LogP contribution < -0.4 is 0 Å². The zero-order valence-electron chi connectivity index (χ0n) is 12.5. The Hall–Kier alpha value is -2.16. The van der Waals surface area contributed by atoms with Gasteiger partial charge in [-0.1, -0.05) is 42.5 Å². The van der Waals surface area contributed by atoms with Gasteiger partial charge in [-0.25, -0.2) is 0 Å². The maximum Gasteiger partial charge on any atom is 0.316 e. The molecule has 0 spiro atoms. The Bertz CT molecular complexity index is 646. The van der Waals surface area contributed by atoms with E-state index in [-0.39, 0.29) is 5.78 Å². The van der Waals surface area contributed by atoms with Gasteiger partial charge < -0.3 is 4.74 Å². The van der Waals surface area contributed by atoms with Gasteiger partial charge in [0.05, 0.1) is 6.61 Å². The van der Waals surface area contributed by atoms with E-state index in [9.17, 15) is 9.59 Å². The number of aryl methyl sites for hydroxylation is 1. The first-order valence-corrected chi connectivity index (χ1v) is 7.26. The average Bonchev–Trinajstić information content (AvgIpc) is 2.47. The zero-order chi connectivity index (χ0) is 15.2. The molecule has 0 aromatic heterocycles. The molecule has 0 heterocycles. The Morgan fingerprint density at radius 3 is 2.48 bits per heavy atom. The van der Waals surface area contributed by atoms with Crippen LogP contribution in [0, 0.1) is 5.92 Å². The van der Waals surface area contributed by atoms with Crippen molar-refractivity contribution in [1.82, 2.24) is 0 Å². The van der Waals surface area contributed by atoms with Crippen molar-refractivity contribution in [2.75, 3.05) is 6.61 Å². The van der Waals surface area contributed by atoms with Crippen LogP contribution in [-0.2, 0) is 20.7 Å². The molecule has 3 nitrogen and oxygen atoms in total. The summed E-state index contributed by atoms with van der Waals surface area (Å²) >= 11 is 0. The predicted octanol–water partition coefficient (Wildman–Crippen LogP) is 3.54. The van der Waals surface area contributed by atoms with Crippen molar-refractivity contribution in [3.05, 3.63) is 48.0 Å². The van der Waals surface area contributed by atoms with E-state index in [1.807, 2.05) is 18.2 Å². The molecule has 0 radical (unpaired) electrons. The molecular weight excluding hydrogens is 264 g/mol. The Balaban J connectivity index is 2.08. The maximum atomic E-state index is 11.8. The molecule has 0 amide bonds. The number of rotatable bonds is 6. The summed E-state index contributed by atoms with van der Waals surface area (Å²) in [6.07, 6.45) is 1.18. The summed E-state index contributed by atoms with van der Waals surface area (Å²) in [7, 11) is 0. The molecule has 0 bridgehead atoms. The topological polar surface area (TPSA) is 43.4 Å². The van der Waals surface area contributed by atoms with E-state index < -0.39 is 11.9 Å². The lowest BCUT2D eigenvalue weighted by atomic mass is 9.95. The Kier molecular flexibility index (Phi) is 5.09. The van der Waals surface area contributed by atoms with Gasteiger partial charge in [0, 0.05) is 0 Å². The van der Waals surface area contributed by atoms with Gasteiger partial charge in [-0.2, -0.15) is 0 Å². The molecule has 2 rings (SSSR count). The highest BCUT2D eigenvalue weighted by molar-refractivity contribution is 5.97. The number of benzene rings is 2. The lowest BCUT2D eigenvalue weighted by molar-refractivity contribution is -0.151. The lowest BCUT2D eigenvalue weighted by Gasteiger charge is -2.12. The van der Waals surface area contributed by atoms with Crippen LogP contribution in [0.1, 0.15) is 25.8 Å². The molecule has 0 aliphatic rings. The predicted molar refractivity (Wildman–Crippen MR) is 83.1 cm³/mol. The van der Waals surface area contributed by atoms with E-state index in [1.165, 1.54) is 17.7 Å². The summed E-state index contributed by atoms with van der Waals surface area (Å²) in [6, 6.07) is 14.4. The molecule has 0 aliphatic heterocycles. The van der Waals surface area contributed by atoms with Gasteiger partial charge in [0.2, 0.25) is 0 Å². The van der Waals surface area contributed by atoms with Crippen molar-refractivity contribution in [3.8, 4) is 0 Å². The van der Waals surface area contributed by atoms with Crippen LogP contribution in [0.25, 0.3) is 10.8 Å². The van der Waals surface area contributed by atoms with Crippen molar-refractivity contribution in [2.24, 2.45) is 5.92 Å². The van der Waals surface area contributed by atoms with Crippen molar-refractivity contribution in [1.29, 1.82) is 0 Å². The molecule has 1 unspecified atom stereocenters. The number of carbonyl (C=O) groups excluding carboxylic acids is 2. The standard InChI is InChI=1S/C18H20O3/c1-3-21-18(20)17(13(2)19)11-9-14-8-10-15-6-4-5-7-16(15)12-14/h4-8,10,12,17H,3,9,11H2,1-2H3. The second-order valence-electron chi connectivity index (χ2n) is 5.14. The molecule has 0 aliphatic carbocycles. The van der Waals surface area contributed by atoms with Gasteiger partial charge in [-0.3, -0.25) is 9.59 Å². The third-order valence-corrected chi connectivity index (χ3v) is 3.60. The number of hydrogen-bond donors (Lipinski definition) is 0. The summed E-state index contributed by atoms with van der Waals surface area (Å²) in [6.45, 7) is 3.50. The third kappa shape index (κ3) is 3.91. The van der Waals surface area contributed by atoms with Crippen molar-refractivity contribution < 1.29 is 14.3 Å². The molecule has 0 saturated carbocycles. The average molecular weight is 284 g/mol. The zero-order valence-corrected chi connectivity index (χ0v) is 12.5. The molecule has 0 saturated heterocycles. The SMILES string of the molecule is CCOC(=O)C(CCc1ccc2ccccc2c1)C(C)=O. The van der Waals surface area contributed by atoms with Crippen LogP contribution in [-0.4, -0.2) is 18.4 Å². The van der Waals surface area contributed by atoms with Gasteiger partial charge in [0.25, 0.3) is 0 Å². The molecule has 110 valence electrons.